The van der Waals surface area contributed by atoms with E-state index in [1.807, 2.05) is 43.7 Å². The number of benzene rings is 3. The zero-order valence-electron chi connectivity index (χ0n) is 18.9. The second-order valence-electron chi connectivity index (χ2n) is 8.15. The van der Waals surface area contributed by atoms with Crippen molar-refractivity contribution in [1.82, 2.24) is 14.9 Å². The number of carbonyl (C=O) groups is 1. The summed E-state index contributed by atoms with van der Waals surface area (Å²) in [5.74, 6) is 0.559. The zero-order valence-corrected chi connectivity index (χ0v) is 19.7. The van der Waals surface area contributed by atoms with E-state index in [0.29, 0.717) is 28.2 Å². The van der Waals surface area contributed by atoms with Gasteiger partial charge in [-0.15, -0.1) is 0 Å². The van der Waals surface area contributed by atoms with Crippen molar-refractivity contribution < 1.29 is 13.2 Å². The first-order valence-corrected chi connectivity index (χ1v) is 12.1. The molecule has 0 bridgehead atoms. The molecule has 3 aromatic carbocycles. The number of nitrogens with one attached hydrogen (secondary N) is 2. The Kier molecular flexibility index (Phi) is 6.09. The highest BCUT2D eigenvalue weighted by Crippen LogP contribution is 2.27. The maximum absolute atomic E-state index is 12.7. The van der Waals surface area contributed by atoms with Gasteiger partial charge in [0.25, 0.3) is 15.9 Å². The quantitative estimate of drug-likeness (QED) is 0.438. The Labute approximate surface area is 197 Å². The lowest BCUT2D eigenvalue weighted by Crippen LogP contribution is -2.29. The monoisotopic (exact) mass is 473 g/mol. The Balaban J connectivity index is 1.61. The first-order valence-electron chi connectivity index (χ1n) is 10.6. The molecule has 0 saturated heterocycles. The van der Waals surface area contributed by atoms with Gasteiger partial charge in [0.1, 0.15) is 5.82 Å². The van der Waals surface area contributed by atoms with Gasteiger partial charge in [0, 0.05) is 24.2 Å². The van der Waals surface area contributed by atoms with Crippen LogP contribution in [-0.4, -0.2) is 29.9 Å². The molecule has 34 heavy (non-hydrogen) atoms. The first kappa shape index (κ1) is 23.0. The summed E-state index contributed by atoms with van der Waals surface area (Å²) in [6.07, 6.45) is 0. The fourth-order valence-electron chi connectivity index (χ4n) is 3.56. The molecule has 0 radical (unpaired) electrons. The predicted molar refractivity (Wildman–Crippen MR) is 131 cm³/mol. The number of nitrogens with zero attached hydrogens (tertiary/aromatic N) is 3. The molecule has 0 aliphatic rings. The van der Waals surface area contributed by atoms with Gasteiger partial charge in [-0.1, -0.05) is 12.1 Å². The summed E-state index contributed by atoms with van der Waals surface area (Å²) in [6.45, 7) is 3.81. The van der Waals surface area contributed by atoms with Gasteiger partial charge in [-0.3, -0.25) is 9.52 Å². The lowest BCUT2D eigenvalue weighted by atomic mass is 10.1. The molecule has 0 aliphatic carbocycles. The van der Waals surface area contributed by atoms with Gasteiger partial charge in [0.15, 0.2) is 0 Å². The molecule has 4 rings (SSSR count). The van der Waals surface area contributed by atoms with Crippen LogP contribution in [0.4, 0.5) is 5.69 Å². The summed E-state index contributed by atoms with van der Waals surface area (Å²) in [6, 6.07) is 20.0. The smallest absolute Gasteiger partial charge is 0.261 e. The zero-order chi connectivity index (χ0) is 24.5. The van der Waals surface area contributed by atoms with Crippen LogP contribution in [0.5, 0.6) is 0 Å². The number of imidazole rings is 1. The molecule has 172 valence electrons. The molecule has 0 fully saturated rings. The average molecular weight is 474 g/mol. The number of anilines is 1. The van der Waals surface area contributed by atoms with Crippen LogP contribution in [-0.2, 0) is 17.1 Å². The van der Waals surface area contributed by atoms with Gasteiger partial charge >= 0.3 is 0 Å². The van der Waals surface area contributed by atoms with Crippen molar-refractivity contribution in [3.8, 4) is 17.5 Å². The summed E-state index contributed by atoms with van der Waals surface area (Å²) >= 11 is 0. The Hall–Kier alpha value is -4.16. The summed E-state index contributed by atoms with van der Waals surface area (Å²) in [4.78, 5) is 16.9. The van der Waals surface area contributed by atoms with E-state index in [0.717, 1.165) is 11.1 Å². The maximum Gasteiger partial charge on any atom is 0.261 e. The van der Waals surface area contributed by atoms with E-state index in [9.17, 15) is 13.2 Å². The molecule has 0 spiro atoms. The molecule has 4 aromatic rings. The van der Waals surface area contributed by atoms with E-state index >= 15 is 0 Å². The second kappa shape index (κ2) is 9.00. The molecule has 0 aliphatic heterocycles. The van der Waals surface area contributed by atoms with Crippen molar-refractivity contribution in [1.29, 1.82) is 5.26 Å². The molecule has 9 heteroatoms. The van der Waals surface area contributed by atoms with Crippen molar-refractivity contribution in [3.63, 3.8) is 0 Å². The lowest BCUT2D eigenvalue weighted by Gasteiger charge is -2.09. The molecular formula is C25H23N5O3S. The van der Waals surface area contributed by atoms with Crippen molar-refractivity contribution in [2.24, 2.45) is 7.05 Å². The number of carbonyl (C=O) groups excluding carboxylic acids is 1. The van der Waals surface area contributed by atoms with Crippen molar-refractivity contribution in [3.05, 3.63) is 77.9 Å². The topological polar surface area (TPSA) is 117 Å². The van der Waals surface area contributed by atoms with E-state index < -0.39 is 10.0 Å². The van der Waals surface area contributed by atoms with Crippen molar-refractivity contribution >= 4 is 32.7 Å². The fraction of sp³-hybridized carbons (Fsp3) is 0.160. The number of aromatic nitrogens is 2. The first-order chi connectivity index (χ1) is 16.2. The van der Waals surface area contributed by atoms with Crippen LogP contribution in [0.2, 0.25) is 0 Å². The number of hydrogen-bond acceptors (Lipinski definition) is 5. The minimum Gasteiger partial charge on any atom is -0.350 e. The second-order valence-corrected chi connectivity index (χ2v) is 9.83. The third-order valence-corrected chi connectivity index (χ3v) is 6.65. The van der Waals surface area contributed by atoms with Crippen LogP contribution in [0, 0.1) is 11.3 Å². The van der Waals surface area contributed by atoms with Crippen LogP contribution in [0.1, 0.15) is 29.8 Å². The molecular weight excluding hydrogens is 450 g/mol. The number of amides is 1. The molecule has 0 saturated carbocycles. The van der Waals surface area contributed by atoms with E-state index in [4.69, 9.17) is 5.26 Å². The summed E-state index contributed by atoms with van der Waals surface area (Å²) in [5.41, 5.74) is 3.62. The highest BCUT2D eigenvalue weighted by atomic mass is 32.2. The van der Waals surface area contributed by atoms with Crippen LogP contribution < -0.4 is 10.0 Å². The maximum atomic E-state index is 12.7. The minimum absolute atomic E-state index is 0.0514. The van der Waals surface area contributed by atoms with Gasteiger partial charge in [-0.2, -0.15) is 5.26 Å². The van der Waals surface area contributed by atoms with Crippen LogP contribution in [0.25, 0.3) is 22.4 Å². The van der Waals surface area contributed by atoms with Gasteiger partial charge in [0.05, 0.1) is 33.2 Å². The summed E-state index contributed by atoms with van der Waals surface area (Å²) in [7, 11) is -1.94. The van der Waals surface area contributed by atoms with Gasteiger partial charge in [0.2, 0.25) is 0 Å². The Bertz CT molecular complexity index is 1510. The normalized spacial score (nSPS) is 11.4. The molecule has 2 N–H and O–H groups in total. The average Bonchev–Trinajstić information content (AvgIpc) is 3.14. The van der Waals surface area contributed by atoms with E-state index in [2.05, 4.69) is 15.0 Å². The molecule has 1 amide bonds. The van der Waals surface area contributed by atoms with E-state index in [1.54, 1.807) is 30.3 Å². The van der Waals surface area contributed by atoms with E-state index in [-0.39, 0.29) is 16.8 Å². The van der Waals surface area contributed by atoms with E-state index in [1.165, 1.54) is 24.3 Å². The summed E-state index contributed by atoms with van der Waals surface area (Å²) < 4.78 is 29.9. The Morgan fingerprint density at radius 3 is 2.32 bits per heavy atom. The van der Waals surface area contributed by atoms with Crippen molar-refractivity contribution in [2.75, 3.05) is 4.72 Å². The molecule has 1 aromatic heterocycles. The fourth-order valence-corrected chi connectivity index (χ4v) is 4.61. The molecule has 0 unspecified atom stereocenters. The molecule has 1 heterocycles. The van der Waals surface area contributed by atoms with Crippen molar-refractivity contribution in [2.45, 2.75) is 24.8 Å². The van der Waals surface area contributed by atoms with Crippen LogP contribution in [0.3, 0.4) is 0 Å². The number of hydrogen-bond donors (Lipinski definition) is 2. The number of nitriles is 1. The Morgan fingerprint density at radius 2 is 1.71 bits per heavy atom. The standard InChI is InChI=1S/C25H23N5O3S/c1-16(2)27-25(31)19-8-6-18(7-9-19)24-28-22-14-20(10-13-23(22)30(24)3)29-34(32,33)21-11-4-17(15-26)5-12-21/h4-14,16,29H,1-3H3,(H,27,31). The number of fused-ring (bicyclic) bond motifs is 1. The predicted octanol–water partition coefficient (Wildman–Crippen LogP) is 4.05. The van der Waals surface area contributed by atoms with Crippen LogP contribution in [0.15, 0.2) is 71.6 Å². The summed E-state index contributed by atoms with van der Waals surface area (Å²) in [5, 5.41) is 11.8. The minimum atomic E-state index is -3.82. The lowest BCUT2D eigenvalue weighted by molar-refractivity contribution is 0.0943. The number of rotatable bonds is 6. The highest BCUT2D eigenvalue weighted by molar-refractivity contribution is 7.92. The molecule has 8 nitrogen and oxygen atoms in total. The number of aryl methyl sites for hydroxylation is 1. The van der Waals surface area contributed by atoms with Crippen LogP contribution >= 0.6 is 0 Å². The third kappa shape index (κ3) is 4.63. The number of sulfonamides is 1. The highest BCUT2D eigenvalue weighted by Gasteiger charge is 2.16. The van der Waals surface area contributed by atoms with Gasteiger partial charge in [-0.05, 0) is 68.4 Å². The van der Waals surface area contributed by atoms with Gasteiger partial charge < -0.3 is 9.88 Å². The third-order valence-electron chi connectivity index (χ3n) is 5.25. The SMILES string of the molecule is CC(C)NC(=O)c1ccc(-c2nc3cc(NS(=O)(=O)c4ccc(C#N)cc4)ccc3n2C)cc1. The largest absolute Gasteiger partial charge is 0.350 e. The Morgan fingerprint density at radius 1 is 1.03 bits per heavy atom. The van der Waals surface area contributed by atoms with Gasteiger partial charge in [-0.25, -0.2) is 13.4 Å². The molecule has 0 atom stereocenters.